The molecule has 1 heterocycles. The summed E-state index contributed by atoms with van der Waals surface area (Å²) >= 11 is 1.74. The van der Waals surface area contributed by atoms with Crippen LogP contribution < -0.4 is 5.73 Å². The van der Waals surface area contributed by atoms with Crippen LogP contribution in [0.2, 0.25) is 0 Å². The molecule has 1 saturated carbocycles. The second-order valence-corrected chi connectivity index (χ2v) is 6.35. The van der Waals surface area contributed by atoms with Crippen molar-refractivity contribution >= 4 is 22.8 Å². The summed E-state index contributed by atoms with van der Waals surface area (Å²) in [6.45, 7) is 0.0736. The van der Waals surface area contributed by atoms with Crippen molar-refractivity contribution < 1.29 is 5.11 Å². The molecule has 5 heteroatoms. The van der Waals surface area contributed by atoms with Gasteiger partial charge in [0.15, 0.2) is 5.16 Å². The van der Waals surface area contributed by atoms with Crippen LogP contribution in [0.5, 0.6) is 0 Å². The Morgan fingerprint density at radius 3 is 3.06 bits per heavy atom. The number of rotatable bonds is 3. The summed E-state index contributed by atoms with van der Waals surface area (Å²) in [4.78, 5) is 7.87. The van der Waals surface area contributed by atoms with Gasteiger partial charge in [-0.25, -0.2) is 4.98 Å². The lowest BCUT2D eigenvalue weighted by Crippen LogP contribution is -2.40. The highest BCUT2D eigenvalue weighted by molar-refractivity contribution is 7.99. The van der Waals surface area contributed by atoms with E-state index in [9.17, 15) is 5.11 Å². The van der Waals surface area contributed by atoms with Crippen LogP contribution in [0, 0.1) is 0 Å². The summed E-state index contributed by atoms with van der Waals surface area (Å²) in [6, 6.07) is 8.03. The molecule has 0 spiro atoms. The molecular weight excluding hydrogens is 246 g/mol. The normalized spacial score (nSPS) is 28.0. The van der Waals surface area contributed by atoms with Crippen LogP contribution in [-0.2, 0) is 0 Å². The van der Waals surface area contributed by atoms with Gasteiger partial charge in [-0.2, -0.15) is 0 Å². The fourth-order valence-electron chi connectivity index (χ4n) is 2.49. The molecule has 2 unspecified atom stereocenters. The summed E-state index contributed by atoms with van der Waals surface area (Å²) in [6.07, 6.45) is 2.78. The maximum Gasteiger partial charge on any atom is 0.166 e. The SMILES string of the molecule is NC1(CO)CCC(Sc2nc3ccccc3[nH]2)C1. The number of nitrogens with two attached hydrogens (primary N) is 1. The summed E-state index contributed by atoms with van der Waals surface area (Å²) in [7, 11) is 0. The van der Waals surface area contributed by atoms with Crippen LogP contribution in [0.4, 0.5) is 0 Å². The van der Waals surface area contributed by atoms with E-state index in [-0.39, 0.29) is 12.1 Å². The van der Waals surface area contributed by atoms with Crippen LogP contribution >= 0.6 is 11.8 Å². The van der Waals surface area contributed by atoms with Gasteiger partial charge >= 0.3 is 0 Å². The first-order valence-electron chi connectivity index (χ1n) is 6.20. The van der Waals surface area contributed by atoms with E-state index in [1.807, 2.05) is 24.3 Å². The molecule has 1 aliphatic carbocycles. The van der Waals surface area contributed by atoms with Crippen molar-refractivity contribution in [3.05, 3.63) is 24.3 Å². The molecule has 1 aliphatic rings. The summed E-state index contributed by atoms with van der Waals surface area (Å²) in [5.74, 6) is 0. The van der Waals surface area contributed by atoms with Crippen molar-refractivity contribution in [2.45, 2.75) is 35.2 Å². The van der Waals surface area contributed by atoms with E-state index in [0.29, 0.717) is 5.25 Å². The van der Waals surface area contributed by atoms with Crippen LogP contribution in [-0.4, -0.2) is 32.5 Å². The Balaban J connectivity index is 1.73. The van der Waals surface area contributed by atoms with Gasteiger partial charge in [-0.05, 0) is 31.4 Å². The first kappa shape index (κ1) is 12.0. The molecule has 0 amide bonds. The summed E-state index contributed by atoms with van der Waals surface area (Å²) < 4.78 is 0. The smallest absolute Gasteiger partial charge is 0.166 e. The van der Waals surface area contributed by atoms with Crippen molar-refractivity contribution in [2.24, 2.45) is 5.73 Å². The summed E-state index contributed by atoms with van der Waals surface area (Å²) in [5, 5.41) is 10.7. The fourth-order valence-corrected chi connectivity index (χ4v) is 3.78. The number of nitrogens with one attached hydrogen (secondary N) is 1. The third-order valence-corrected chi connectivity index (χ3v) is 4.71. The number of thioether (sulfide) groups is 1. The Morgan fingerprint density at radius 1 is 1.50 bits per heavy atom. The van der Waals surface area contributed by atoms with Crippen molar-refractivity contribution in [3.8, 4) is 0 Å². The number of hydrogen-bond donors (Lipinski definition) is 3. The van der Waals surface area contributed by atoms with E-state index in [4.69, 9.17) is 5.73 Å². The van der Waals surface area contributed by atoms with Crippen LogP contribution in [0.1, 0.15) is 19.3 Å². The molecule has 96 valence electrons. The van der Waals surface area contributed by atoms with Gasteiger partial charge in [-0.15, -0.1) is 0 Å². The minimum absolute atomic E-state index is 0.0736. The molecule has 1 aromatic heterocycles. The molecule has 0 bridgehead atoms. The van der Waals surface area contributed by atoms with Gasteiger partial charge in [-0.3, -0.25) is 0 Å². The second kappa shape index (κ2) is 4.57. The molecule has 2 atom stereocenters. The molecule has 2 aromatic rings. The third kappa shape index (κ3) is 2.25. The number of hydrogen-bond acceptors (Lipinski definition) is 4. The lowest BCUT2D eigenvalue weighted by Gasteiger charge is -2.20. The van der Waals surface area contributed by atoms with E-state index in [1.54, 1.807) is 11.8 Å². The van der Waals surface area contributed by atoms with Crippen molar-refractivity contribution in [2.75, 3.05) is 6.61 Å². The highest BCUT2D eigenvalue weighted by Gasteiger charge is 2.35. The number of aromatic amines is 1. The van der Waals surface area contributed by atoms with Gasteiger partial charge in [0.1, 0.15) is 0 Å². The van der Waals surface area contributed by atoms with E-state index >= 15 is 0 Å². The zero-order chi connectivity index (χ0) is 12.6. The Bertz CT molecular complexity index is 523. The third-order valence-electron chi connectivity index (χ3n) is 3.56. The number of aliphatic hydroxyl groups is 1. The minimum atomic E-state index is -0.385. The maximum atomic E-state index is 9.27. The van der Waals surface area contributed by atoms with Gasteiger partial charge in [-0.1, -0.05) is 23.9 Å². The van der Waals surface area contributed by atoms with Crippen molar-refractivity contribution in [1.82, 2.24) is 9.97 Å². The van der Waals surface area contributed by atoms with Gasteiger partial charge in [0.25, 0.3) is 0 Å². The molecule has 4 N–H and O–H groups in total. The minimum Gasteiger partial charge on any atom is -0.394 e. The monoisotopic (exact) mass is 263 g/mol. The molecule has 1 aromatic carbocycles. The number of imidazole rings is 1. The lowest BCUT2D eigenvalue weighted by molar-refractivity contribution is 0.200. The topological polar surface area (TPSA) is 74.9 Å². The van der Waals surface area contributed by atoms with E-state index in [2.05, 4.69) is 9.97 Å². The number of H-pyrrole nitrogens is 1. The maximum absolute atomic E-state index is 9.27. The Kier molecular flexibility index (Phi) is 3.05. The predicted molar refractivity (Wildman–Crippen MR) is 73.6 cm³/mol. The molecule has 18 heavy (non-hydrogen) atoms. The predicted octanol–water partition coefficient (Wildman–Crippen LogP) is 1.90. The number of para-hydroxylation sites is 2. The van der Waals surface area contributed by atoms with Gasteiger partial charge in [0, 0.05) is 10.8 Å². The van der Waals surface area contributed by atoms with Gasteiger partial charge in [0.05, 0.1) is 17.6 Å². The Labute approximate surface area is 110 Å². The molecule has 0 saturated heterocycles. The molecule has 3 rings (SSSR count). The zero-order valence-electron chi connectivity index (χ0n) is 10.1. The van der Waals surface area contributed by atoms with Gasteiger partial charge < -0.3 is 15.8 Å². The van der Waals surface area contributed by atoms with Crippen molar-refractivity contribution in [1.29, 1.82) is 0 Å². The largest absolute Gasteiger partial charge is 0.394 e. The Hall–Kier alpha value is -1.04. The van der Waals surface area contributed by atoms with Gasteiger partial charge in [0.2, 0.25) is 0 Å². The number of nitrogens with zero attached hydrogens (tertiary/aromatic N) is 1. The zero-order valence-corrected chi connectivity index (χ0v) is 10.9. The molecule has 4 nitrogen and oxygen atoms in total. The van der Waals surface area contributed by atoms with Crippen LogP contribution in [0.25, 0.3) is 11.0 Å². The molecule has 0 radical (unpaired) electrons. The highest BCUT2D eigenvalue weighted by Crippen LogP contribution is 2.38. The quantitative estimate of drug-likeness (QED) is 0.790. The van der Waals surface area contributed by atoms with Crippen LogP contribution in [0.15, 0.2) is 29.4 Å². The number of fused-ring (bicyclic) bond motifs is 1. The number of aromatic nitrogens is 2. The van der Waals surface area contributed by atoms with Crippen molar-refractivity contribution in [3.63, 3.8) is 0 Å². The second-order valence-electron chi connectivity index (χ2n) is 5.06. The highest BCUT2D eigenvalue weighted by atomic mass is 32.2. The van der Waals surface area contributed by atoms with Crippen LogP contribution in [0.3, 0.4) is 0 Å². The van der Waals surface area contributed by atoms with E-state index in [0.717, 1.165) is 35.5 Å². The van der Waals surface area contributed by atoms with E-state index in [1.165, 1.54) is 0 Å². The first-order valence-corrected chi connectivity index (χ1v) is 7.08. The lowest BCUT2D eigenvalue weighted by atomic mass is 10.0. The first-order chi connectivity index (χ1) is 8.68. The molecular formula is C13H17N3OS. The fraction of sp³-hybridized carbons (Fsp3) is 0.462. The Morgan fingerprint density at radius 2 is 2.33 bits per heavy atom. The number of benzene rings is 1. The average Bonchev–Trinajstić information content (AvgIpc) is 2.93. The average molecular weight is 263 g/mol. The molecule has 1 fully saturated rings. The van der Waals surface area contributed by atoms with E-state index < -0.39 is 0 Å². The summed E-state index contributed by atoms with van der Waals surface area (Å²) in [5.41, 5.74) is 7.77. The molecule has 0 aliphatic heterocycles. The standard InChI is InChI=1S/C13H17N3OS/c14-13(8-17)6-5-9(7-13)18-12-15-10-3-1-2-4-11(10)16-12/h1-4,9,17H,5-8,14H2,(H,15,16). The number of aliphatic hydroxyl groups excluding tert-OH is 1.